The number of aromatic nitrogens is 1. The Kier molecular flexibility index (Phi) is 3.09. The van der Waals surface area contributed by atoms with Gasteiger partial charge < -0.3 is 0 Å². The maximum absolute atomic E-state index is 11.2. The molecule has 0 unspecified atom stereocenters. The lowest BCUT2D eigenvalue weighted by atomic mass is 10.0. The van der Waals surface area contributed by atoms with E-state index >= 15 is 0 Å². The van der Waals surface area contributed by atoms with Crippen molar-refractivity contribution in [1.82, 2.24) is 4.98 Å². The maximum Gasteiger partial charge on any atom is 0.275 e. The molecule has 0 atom stereocenters. The molecular formula is C9H12ClNO3S. The minimum absolute atomic E-state index is 0.262. The van der Waals surface area contributed by atoms with E-state index in [1.807, 2.05) is 0 Å². The number of hydrogen-bond acceptors (Lipinski definition) is 3. The Bertz CT molecular complexity index is 482. The fourth-order valence-electron chi connectivity index (χ4n) is 1.24. The molecule has 0 aromatic carbocycles. The standard InChI is InChI=1S/C9H12ClNO3S/c1-6-7(10)4-5-11-8(6)9(2,3)15(12,13)14/h4-5H,1-3H3,(H,12,13,14). The molecule has 6 heteroatoms. The number of nitrogens with zero attached hydrogens (tertiary/aromatic N) is 1. The summed E-state index contributed by atoms with van der Waals surface area (Å²) < 4.78 is 30.0. The first-order valence-corrected chi connectivity index (χ1v) is 6.08. The number of rotatable bonds is 2. The Morgan fingerprint density at radius 1 is 1.47 bits per heavy atom. The summed E-state index contributed by atoms with van der Waals surface area (Å²) in [4.78, 5) is 3.95. The molecule has 0 spiro atoms. The van der Waals surface area contributed by atoms with Crippen molar-refractivity contribution >= 4 is 21.7 Å². The van der Waals surface area contributed by atoms with E-state index in [9.17, 15) is 8.42 Å². The van der Waals surface area contributed by atoms with Crippen molar-refractivity contribution in [2.45, 2.75) is 25.5 Å². The summed E-state index contributed by atoms with van der Waals surface area (Å²) in [6.07, 6.45) is 1.41. The van der Waals surface area contributed by atoms with Gasteiger partial charge in [0.2, 0.25) is 0 Å². The van der Waals surface area contributed by atoms with E-state index in [4.69, 9.17) is 16.2 Å². The van der Waals surface area contributed by atoms with Gasteiger partial charge in [0.1, 0.15) is 4.75 Å². The summed E-state index contributed by atoms with van der Waals surface area (Å²) in [5.74, 6) is 0. The fourth-order valence-corrected chi connectivity index (χ4v) is 1.84. The molecule has 0 aliphatic heterocycles. The van der Waals surface area contributed by atoms with E-state index in [0.29, 0.717) is 10.6 Å². The molecule has 0 aliphatic rings. The van der Waals surface area contributed by atoms with Crippen LogP contribution < -0.4 is 0 Å². The van der Waals surface area contributed by atoms with Crippen molar-refractivity contribution in [3.63, 3.8) is 0 Å². The van der Waals surface area contributed by atoms with Gasteiger partial charge in [-0.15, -0.1) is 0 Å². The van der Waals surface area contributed by atoms with Crippen molar-refractivity contribution in [2.24, 2.45) is 0 Å². The molecule has 1 N–H and O–H groups in total. The number of halogens is 1. The molecule has 4 nitrogen and oxygen atoms in total. The van der Waals surface area contributed by atoms with Crippen LogP contribution in [0, 0.1) is 6.92 Å². The Morgan fingerprint density at radius 3 is 2.47 bits per heavy atom. The largest absolute Gasteiger partial charge is 0.285 e. The van der Waals surface area contributed by atoms with Crippen molar-refractivity contribution in [3.8, 4) is 0 Å². The van der Waals surface area contributed by atoms with Crippen LogP contribution in [0.1, 0.15) is 25.1 Å². The third-order valence-corrected chi connectivity index (χ3v) is 4.25. The van der Waals surface area contributed by atoms with Crippen molar-refractivity contribution < 1.29 is 13.0 Å². The lowest BCUT2D eigenvalue weighted by molar-refractivity contribution is 0.442. The van der Waals surface area contributed by atoms with E-state index in [1.54, 1.807) is 13.0 Å². The van der Waals surface area contributed by atoms with Crippen LogP contribution in [0.25, 0.3) is 0 Å². The second-order valence-corrected chi connectivity index (χ2v) is 6.13. The topological polar surface area (TPSA) is 67.3 Å². The molecule has 1 rings (SSSR count). The van der Waals surface area contributed by atoms with Gasteiger partial charge in [0.05, 0.1) is 5.69 Å². The summed E-state index contributed by atoms with van der Waals surface area (Å²) in [5, 5.41) is 0.428. The lowest BCUT2D eigenvalue weighted by Gasteiger charge is -2.22. The Hall–Kier alpha value is -0.650. The molecular weight excluding hydrogens is 238 g/mol. The highest BCUT2D eigenvalue weighted by molar-refractivity contribution is 7.86. The third-order valence-electron chi connectivity index (χ3n) is 2.35. The monoisotopic (exact) mass is 249 g/mol. The van der Waals surface area contributed by atoms with Crippen molar-refractivity contribution in [2.75, 3.05) is 0 Å². The highest BCUT2D eigenvalue weighted by Gasteiger charge is 2.37. The van der Waals surface area contributed by atoms with Gasteiger partial charge in [0, 0.05) is 11.2 Å². The summed E-state index contributed by atoms with van der Waals surface area (Å²) in [7, 11) is -4.22. The zero-order valence-corrected chi connectivity index (χ0v) is 10.2. The molecule has 0 saturated heterocycles. The second kappa shape index (κ2) is 3.73. The van der Waals surface area contributed by atoms with Gasteiger partial charge in [-0.1, -0.05) is 11.6 Å². The molecule has 1 heterocycles. The van der Waals surface area contributed by atoms with Crippen molar-refractivity contribution in [3.05, 3.63) is 28.5 Å². The maximum atomic E-state index is 11.2. The average molecular weight is 250 g/mol. The van der Waals surface area contributed by atoms with E-state index in [-0.39, 0.29) is 5.69 Å². The highest BCUT2D eigenvalue weighted by Crippen LogP contribution is 2.31. The zero-order valence-electron chi connectivity index (χ0n) is 8.65. The Labute approximate surface area is 94.0 Å². The Morgan fingerprint density at radius 2 is 2.00 bits per heavy atom. The first-order valence-electron chi connectivity index (χ1n) is 4.26. The summed E-state index contributed by atoms with van der Waals surface area (Å²) in [6.45, 7) is 4.43. The van der Waals surface area contributed by atoms with Crippen LogP contribution in [0.3, 0.4) is 0 Å². The molecule has 1 aromatic heterocycles. The van der Waals surface area contributed by atoms with Gasteiger partial charge in [0.15, 0.2) is 0 Å². The molecule has 0 fully saturated rings. The molecule has 0 radical (unpaired) electrons. The SMILES string of the molecule is Cc1c(Cl)ccnc1C(C)(C)S(=O)(=O)O. The second-order valence-electron chi connectivity index (χ2n) is 3.75. The van der Waals surface area contributed by atoms with E-state index in [2.05, 4.69) is 4.98 Å². The smallest absolute Gasteiger partial charge is 0.275 e. The minimum Gasteiger partial charge on any atom is -0.285 e. The first-order chi connectivity index (χ1) is 6.68. The van der Waals surface area contributed by atoms with Gasteiger partial charge >= 0.3 is 0 Å². The molecule has 15 heavy (non-hydrogen) atoms. The fraction of sp³-hybridized carbons (Fsp3) is 0.444. The predicted octanol–water partition coefficient (Wildman–Crippen LogP) is 2.17. The predicted molar refractivity (Wildman–Crippen MR) is 58.6 cm³/mol. The molecule has 0 saturated carbocycles. The van der Waals surface area contributed by atoms with Crippen LogP contribution in [0.15, 0.2) is 12.3 Å². The lowest BCUT2D eigenvalue weighted by Crippen LogP contribution is -2.30. The number of pyridine rings is 1. The van der Waals surface area contributed by atoms with Gasteiger partial charge in [-0.3, -0.25) is 9.54 Å². The third kappa shape index (κ3) is 2.14. The quantitative estimate of drug-likeness (QED) is 0.816. The van der Waals surface area contributed by atoms with Gasteiger partial charge in [-0.2, -0.15) is 8.42 Å². The van der Waals surface area contributed by atoms with Gasteiger partial charge in [0.25, 0.3) is 10.1 Å². The van der Waals surface area contributed by atoms with Gasteiger partial charge in [-0.25, -0.2) is 0 Å². The van der Waals surface area contributed by atoms with Crippen LogP contribution in [-0.2, 0) is 14.9 Å². The van der Waals surface area contributed by atoms with Gasteiger partial charge in [-0.05, 0) is 32.4 Å². The number of hydrogen-bond donors (Lipinski definition) is 1. The molecule has 0 bridgehead atoms. The van der Waals surface area contributed by atoms with Crippen molar-refractivity contribution in [1.29, 1.82) is 0 Å². The summed E-state index contributed by atoms with van der Waals surface area (Å²) in [5.41, 5.74) is 0.819. The van der Waals surface area contributed by atoms with Crippen LogP contribution in [0.5, 0.6) is 0 Å². The summed E-state index contributed by atoms with van der Waals surface area (Å²) in [6, 6.07) is 1.57. The average Bonchev–Trinajstić information content (AvgIpc) is 2.07. The Balaban J connectivity index is 3.47. The highest BCUT2D eigenvalue weighted by atomic mass is 35.5. The van der Waals surface area contributed by atoms with Crippen LogP contribution >= 0.6 is 11.6 Å². The van der Waals surface area contributed by atoms with E-state index in [0.717, 1.165) is 0 Å². The van der Waals surface area contributed by atoms with Crippen LogP contribution in [0.2, 0.25) is 5.02 Å². The van der Waals surface area contributed by atoms with E-state index in [1.165, 1.54) is 20.0 Å². The van der Waals surface area contributed by atoms with Crippen LogP contribution in [0.4, 0.5) is 0 Å². The summed E-state index contributed by atoms with van der Waals surface area (Å²) >= 11 is 5.85. The van der Waals surface area contributed by atoms with Crippen LogP contribution in [-0.4, -0.2) is 18.0 Å². The first kappa shape index (κ1) is 12.4. The molecule has 0 amide bonds. The van der Waals surface area contributed by atoms with E-state index < -0.39 is 14.9 Å². The molecule has 1 aromatic rings. The zero-order chi connectivity index (χ0) is 11.9. The molecule has 0 aliphatic carbocycles. The normalized spacial score (nSPS) is 12.9. The minimum atomic E-state index is -4.22. The molecule has 84 valence electrons.